The number of nitrogens with one attached hydrogen (secondary N) is 1. The fourth-order valence-corrected chi connectivity index (χ4v) is 2.10. The number of halogens is 2. The van der Waals surface area contributed by atoms with Crippen LogP contribution in [-0.2, 0) is 0 Å². The Morgan fingerprint density at radius 2 is 1.72 bits per heavy atom. The van der Waals surface area contributed by atoms with E-state index in [1.807, 2.05) is 0 Å². The smallest absolute Gasteiger partial charge is 0.147 e. The van der Waals surface area contributed by atoms with Crippen LogP contribution in [-0.4, -0.2) is 6.54 Å². The van der Waals surface area contributed by atoms with Gasteiger partial charge in [0.1, 0.15) is 5.82 Å². The first-order valence-electron chi connectivity index (χ1n) is 6.93. The molecule has 0 aliphatic heterocycles. The second-order valence-electron chi connectivity index (χ2n) is 4.67. The van der Waals surface area contributed by atoms with E-state index < -0.39 is 0 Å². The summed E-state index contributed by atoms with van der Waals surface area (Å²) in [4.78, 5) is 0. The molecule has 0 spiro atoms. The third-order valence-electron chi connectivity index (χ3n) is 3.03. The lowest BCUT2D eigenvalue weighted by molar-refractivity contribution is 0.594. The minimum atomic E-state index is -0.273. The lowest BCUT2D eigenvalue weighted by Gasteiger charge is -2.07. The van der Waals surface area contributed by atoms with Crippen molar-refractivity contribution in [2.45, 2.75) is 51.9 Å². The molecule has 0 fully saturated rings. The van der Waals surface area contributed by atoms with Crippen molar-refractivity contribution < 1.29 is 4.39 Å². The Labute approximate surface area is 115 Å². The maximum atomic E-state index is 13.4. The van der Waals surface area contributed by atoms with E-state index in [1.165, 1.54) is 44.6 Å². The molecule has 1 N–H and O–H groups in total. The highest BCUT2D eigenvalue weighted by Gasteiger charge is 2.01. The topological polar surface area (TPSA) is 12.0 Å². The molecular formula is C15H23ClFN. The average molecular weight is 272 g/mol. The summed E-state index contributed by atoms with van der Waals surface area (Å²) >= 11 is 5.69. The summed E-state index contributed by atoms with van der Waals surface area (Å²) < 4.78 is 13.4. The lowest BCUT2D eigenvalue weighted by atomic mass is 10.1. The van der Waals surface area contributed by atoms with Gasteiger partial charge in [-0.2, -0.15) is 0 Å². The van der Waals surface area contributed by atoms with Gasteiger partial charge in [-0.05, 0) is 24.6 Å². The van der Waals surface area contributed by atoms with Crippen molar-refractivity contribution in [3.8, 4) is 0 Å². The molecule has 0 saturated carbocycles. The summed E-state index contributed by atoms with van der Waals surface area (Å²) in [5.41, 5.74) is 0.547. The molecule has 0 amide bonds. The fourth-order valence-electron chi connectivity index (χ4n) is 1.94. The number of unbranched alkanes of at least 4 members (excludes halogenated alkanes) is 6. The second kappa shape index (κ2) is 9.21. The first-order chi connectivity index (χ1) is 8.74. The Bertz CT molecular complexity index is 341. The molecule has 0 saturated heterocycles. The van der Waals surface area contributed by atoms with Gasteiger partial charge in [0.05, 0.1) is 5.69 Å². The van der Waals surface area contributed by atoms with Crippen LogP contribution < -0.4 is 5.32 Å². The summed E-state index contributed by atoms with van der Waals surface area (Å²) in [6, 6.07) is 4.74. The standard InChI is InChI=1S/C15H23ClFN/c1-2-3-4-5-6-7-8-11-18-15-10-9-13(16)12-14(15)17/h9-10,12,18H,2-8,11H2,1H3. The molecule has 0 heterocycles. The highest BCUT2D eigenvalue weighted by molar-refractivity contribution is 6.30. The maximum Gasteiger partial charge on any atom is 0.147 e. The molecule has 0 bridgehead atoms. The van der Waals surface area contributed by atoms with E-state index in [4.69, 9.17) is 11.6 Å². The Morgan fingerprint density at radius 3 is 2.39 bits per heavy atom. The van der Waals surface area contributed by atoms with Gasteiger partial charge in [-0.15, -0.1) is 0 Å². The molecule has 0 atom stereocenters. The molecule has 1 aromatic carbocycles. The molecule has 0 aromatic heterocycles. The van der Waals surface area contributed by atoms with Crippen molar-refractivity contribution in [1.82, 2.24) is 0 Å². The number of hydrogen-bond donors (Lipinski definition) is 1. The Balaban J connectivity index is 2.07. The van der Waals surface area contributed by atoms with Gasteiger partial charge in [0.15, 0.2) is 0 Å². The van der Waals surface area contributed by atoms with Crippen molar-refractivity contribution in [3.63, 3.8) is 0 Å². The van der Waals surface area contributed by atoms with Crippen LogP contribution in [0.5, 0.6) is 0 Å². The monoisotopic (exact) mass is 271 g/mol. The van der Waals surface area contributed by atoms with Gasteiger partial charge in [-0.1, -0.05) is 57.0 Å². The summed E-state index contributed by atoms with van der Waals surface area (Å²) in [5, 5.41) is 3.55. The Morgan fingerprint density at radius 1 is 1.06 bits per heavy atom. The van der Waals surface area contributed by atoms with Crippen LogP contribution in [0.4, 0.5) is 10.1 Å². The molecule has 0 unspecified atom stereocenters. The fraction of sp³-hybridized carbons (Fsp3) is 0.600. The van der Waals surface area contributed by atoms with Crippen molar-refractivity contribution >= 4 is 17.3 Å². The van der Waals surface area contributed by atoms with E-state index in [-0.39, 0.29) is 5.82 Å². The van der Waals surface area contributed by atoms with E-state index >= 15 is 0 Å². The third kappa shape index (κ3) is 6.25. The molecule has 1 rings (SSSR count). The predicted octanol–water partition coefficient (Wildman–Crippen LogP) is 5.64. The van der Waals surface area contributed by atoms with E-state index in [9.17, 15) is 4.39 Å². The van der Waals surface area contributed by atoms with E-state index in [0.717, 1.165) is 13.0 Å². The Hall–Kier alpha value is -0.760. The van der Waals surface area contributed by atoms with Crippen LogP contribution in [0.2, 0.25) is 5.02 Å². The van der Waals surface area contributed by atoms with Gasteiger partial charge >= 0.3 is 0 Å². The zero-order chi connectivity index (χ0) is 13.2. The quantitative estimate of drug-likeness (QED) is 0.573. The molecule has 102 valence electrons. The lowest BCUT2D eigenvalue weighted by Crippen LogP contribution is -2.03. The van der Waals surface area contributed by atoms with Crippen molar-refractivity contribution in [2.24, 2.45) is 0 Å². The molecule has 0 aliphatic carbocycles. The summed E-state index contributed by atoms with van der Waals surface area (Å²) in [6.07, 6.45) is 8.88. The van der Waals surface area contributed by atoms with Crippen molar-refractivity contribution in [2.75, 3.05) is 11.9 Å². The van der Waals surface area contributed by atoms with Crippen molar-refractivity contribution in [3.05, 3.63) is 29.0 Å². The van der Waals surface area contributed by atoms with Gasteiger partial charge in [0.25, 0.3) is 0 Å². The summed E-state index contributed by atoms with van der Waals surface area (Å²) in [5.74, 6) is -0.273. The zero-order valence-corrected chi connectivity index (χ0v) is 11.9. The SMILES string of the molecule is CCCCCCCCCNc1ccc(Cl)cc1F. The molecule has 0 radical (unpaired) electrons. The maximum absolute atomic E-state index is 13.4. The molecule has 0 aliphatic rings. The third-order valence-corrected chi connectivity index (χ3v) is 3.26. The largest absolute Gasteiger partial charge is 0.383 e. The van der Waals surface area contributed by atoms with Crippen molar-refractivity contribution in [1.29, 1.82) is 0 Å². The number of hydrogen-bond acceptors (Lipinski definition) is 1. The number of rotatable bonds is 9. The zero-order valence-electron chi connectivity index (χ0n) is 11.1. The van der Waals surface area contributed by atoms with Gasteiger partial charge in [0.2, 0.25) is 0 Å². The second-order valence-corrected chi connectivity index (χ2v) is 5.11. The van der Waals surface area contributed by atoms with Gasteiger partial charge in [0, 0.05) is 11.6 Å². The number of benzene rings is 1. The average Bonchev–Trinajstić information content (AvgIpc) is 2.35. The van der Waals surface area contributed by atoms with Crippen LogP contribution in [0, 0.1) is 5.82 Å². The van der Waals surface area contributed by atoms with Gasteiger partial charge < -0.3 is 5.32 Å². The highest BCUT2D eigenvalue weighted by Crippen LogP contribution is 2.18. The molecular weight excluding hydrogens is 249 g/mol. The predicted molar refractivity (Wildman–Crippen MR) is 77.9 cm³/mol. The van der Waals surface area contributed by atoms with Crippen LogP contribution in [0.25, 0.3) is 0 Å². The van der Waals surface area contributed by atoms with Crippen LogP contribution in [0.15, 0.2) is 18.2 Å². The van der Waals surface area contributed by atoms with Crippen LogP contribution in [0.3, 0.4) is 0 Å². The normalized spacial score (nSPS) is 10.6. The van der Waals surface area contributed by atoms with Gasteiger partial charge in [-0.3, -0.25) is 0 Å². The molecule has 1 aromatic rings. The highest BCUT2D eigenvalue weighted by atomic mass is 35.5. The van der Waals surface area contributed by atoms with Gasteiger partial charge in [-0.25, -0.2) is 4.39 Å². The molecule has 18 heavy (non-hydrogen) atoms. The van der Waals surface area contributed by atoms with E-state index in [1.54, 1.807) is 12.1 Å². The van der Waals surface area contributed by atoms with Crippen LogP contribution in [0.1, 0.15) is 51.9 Å². The first-order valence-corrected chi connectivity index (χ1v) is 7.30. The van der Waals surface area contributed by atoms with E-state index in [2.05, 4.69) is 12.2 Å². The summed E-state index contributed by atoms with van der Waals surface area (Å²) in [6.45, 7) is 3.05. The first kappa shape index (κ1) is 15.3. The summed E-state index contributed by atoms with van der Waals surface area (Å²) in [7, 11) is 0. The van der Waals surface area contributed by atoms with Crippen LogP contribution >= 0.6 is 11.6 Å². The minimum Gasteiger partial charge on any atom is -0.383 e. The molecule has 3 heteroatoms. The number of anilines is 1. The van der Waals surface area contributed by atoms with E-state index in [0.29, 0.717) is 10.7 Å². The Kier molecular flexibility index (Phi) is 7.83. The minimum absolute atomic E-state index is 0.273. The molecule has 1 nitrogen and oxygen atoms in total.